The first-order chi connectivity index (χ1) is 7.20. The maximum atomic E-state index is 11.4. The van der Waals surface area contributed by atoms with Crippen LogP contribution in [0.15, 0.2) is 6.07 Å². The Morgan fingerprint density at radius 1 is 1.60 bits per heavy atom. The molecule has 0 radical (unpaired) electrons. The van der Waals surface area contributed by atoms with Crippen LogP contribution in [0.5, 0.6) is 0 Å². The van der Waals surface area contributed by atoms with E-state index in [4.69, 9.17) is 16.3 Å². The zero-order chi connectivity index (χ0) is 10.8. The highest BCUT2D eigenvalue weighted by Gasteiger charge is 2.27. The van der Waals surface area contributed by atoms with E-state index in [1.165, 1.54) is 0 Å². The predicted molar refractivity (Wildman–Crippen MR) is 55.0 cm³/mol. The molecule has 0 saturated heterocycles. The molecular formula is C10H11ClN2O2. The minimum absolute atomic E-state index is 0.113. The molecule has 0 amide bonds. The second-order valence-corrected chi connectivity index (χ2v) is 3.78. The quantitative estimate of drug-likeness (QED) is 0.586. The van der Waals surface area contributed by atoms with Gasteiger partial charge in [-0.3, -0.25) is 0 Å². The highest BCUT2D eigenvalue weighted by atomic mass is 35.5. The molecule has 0 bridgehead atoms. The Bertz CT molecular complexity index is 391. The average molecular weight is 227 g/mol. The maximum Gasteiger partial charge on any atom is 0.357 e. The van der Waals surface area contributed by atoms with E-state index >= 15 is 0 Å². The van der Waals surface area contributed by atoms with Crippen LogP contribution in [0.1, 0.15) is 41.9 Å². The van der Waals surface area contributed by atoms with E-state index in [1.54, 1.807) is 13.0 Å². The lowest BCUT2D eigenvalue weighted by Crippen LogP contribution is -2.09. The summed E-state index contributed by atoms with van der Waals surface area (Å²) in [5.74, 6) is 0.00220. The molecule has 0 aliphatic heterocycles. The molecule has 1 heterocycles. The second-order valence-electron chi connectivity index (χ2n) is 3.44. The first-order valence-corrected chi connectivity index (χ1v) is 5.30. The van der Waals surface area contributed by atoms with Gasteiger partial charge in [-0.25, -0.2) is 14.8 Å². The van der Waals surface area contributed by atoms with E-state index in [9.17, 15) is 4.79 Å². The number of carbonyl (C=O) groups excluding carboxylic acids is 1. The van der Waals surface area contributed by atoms with Gasteiger partial charge >= 0.3 is 5.97 Å². The minimum Gasteiger partial charge on any atom is -0.461 e. The standard InChI is InChI=1S/C10H11ClN2O2/c1-2-15-9(14)8-5-7(6-3-4-6)12-10(11)13-8/h5-6H,2-4H2,1H3. The zero-order valence-electron chi connectivity index (χ0n) is 8.36. The van der Waals surface area contributed by atoms with Crippen LogP contribution >= 0.6 is 11.6 Å². The van der Waals surface area contributed by atoms with Crippen LogP contribution in [0.2, 0.25) is 5.28 Å². The number of hydrogen-bond donors (Lipinski definition) is 0. The summed E-state index contributed by atoms with van der Waals surface area (Å²) >= 11 is 5.74. The van der Waals surface area contributed by atoms with Crippen molar-refractivity contribution in [3.05, 3.63) is 22.7 Å². The van der Waals surface area contributed by atoms with Crippen molar-refractivity contribution in [1.82, 2.24) is 9.97 Å². The van der Waals surface area contributed by atoms with E-state index in [2.05, 4.69) is 9.97 Å². The van der Waals surface area contributed by atoms with Crippen molar-refractivity contribution in [2.45, 2.75) is 25.7 Å². The summed E-state index contributed by atoms with van der Waals surface area (Å²) < 4.78 is 4.85. The summed E-state index contributed by atoms with van der Waals surface area (Å²) in [4.78, 5) is 19.3. The van der Waals surface area contributed by atoms with Gasteiger partial charge in [-0.1, -0.05) is 0 Å². The van der Waals surface area contributed by atoms with Crippen LogP contribution in [-0.4, -0.2) is 22.5 Å². The number of ether oxygens (including phenoxy) is 1. The molecule has 1 aliphatic rings. The van der Waals surface area contributed by atoms with Gasteiger partial charge in [0.25, 0.3) is 0 Å². The minimum atomic E-state index is -0.441. The van der Waals surface area contributed by atoms with Crippen molar-refractivity contribution >= 4 is 17.6 Å². The fraction of sp³-hybridized carbons (Fsp3) is 0.500. The fourth-order valence-corrected chi connectivity index (χ4v) is 1.52. The van der Waals surface area contributed by atoms with E-state index in [1.807, 2.05) is 0 Å². The molecule has 0 atom stereocenters. The van der Waals surface area contributed by atoms with Crippen LogP contribution in [0.25, 0.3) is 0 Å². The molecule has 0 N–H and O–H groups in total. The van der Waals surface area contributed by atoms with Gasteiger partial charge < -0.3 is 4.74 Å². The van der Waals surface area contributed by atoms with E-state index in [0.717, 1.165) is 18.5 Å². The number of aromatic nitrogens is 2. The van der Waals surface area contributed by atoms with Gasteiger partial charge in [-0.05, 0) is 37.4 Å². The summed E-state index contributed by atoms with van der Waals surface area (Å²) in [6.07, 6.45) is 2.21. The molecule has 1 fully saturated rings. The van der Waals surface area contributed by atoms with Crippen molar-refractivity contribution < 1.29 is 9.53 Å². The fourth-order valence-electron chi connectivity index (χ4n) is 1.33. The Morgan fingerprint density at radius 2 is 2.33 bits per heavy atom. The smallest absolute Gasteiger partial charge is 0.357 e. The summed E-state index contributed by atoms with van der Waals surface area (Å²) in [6.45, 7) is 2.09. The number of halogens is 1. The molecule has 15 heavy (non-hydrogen) atoms. The van der Waals surface area contributed by atoms with Crippen LogP contribution in [0, 0.1) is 0 Å². The molecule has 0 spiro atoms. The van der Waals surface area contributed by atoms with Crippen molar-refractivity contribution in [2.24, 2.45) is 0 Å². The lowest BCUT2D eigenvalue weighted by atomic mass is 10.2. The molecule has 2 rings (SSSR count). The lowest BCUT2D eigenvalue weighted by molar-refractivity contribution is 0.0519. The SMILES string of the molecule is CCOC(=O)c1cc(C2CC2)nc(Cl)n1. The number of hydrogen-bond acceptors (Lipinski definition) is 4. The van der Waals surface area contributed by atoms with Gasteiger partial charge in [0.1, 0.15) is 0 Å². The topological polar surface area (TPSA) is 52.1 Å². The summed E-state index contributed by atoms with van der Waals surface area (Å²) in [5.41, 5.74) is 1.09. The third-order valence-electron chi connectivity index (χ3n) is 2.20. The van der Waals surface area contributed by atoms with E-state index < -0.39 is 5.97 Å². The normalized spacial score (nSPS) is 15.1. The monoisotopic (exact) mass is 226 g/mol. The number of carbonyl (C=O) groups is 1. The first kappa shape index (κ1) is 10.4. The Morgan fingerprint density at radius 3 is 2.93 bits per heavy atom. The molecule has 4 nitrogen and oxygen atoms in total. The highest BCUT2D eigenvalue weighted by Crippen LogP contribution is 2.39. The van der Waals surface area contributed by atoms with Gasteiger partial charge in [0.05, 0.1) is 6.61 Å². The number of rotatable bonds is 3. The maximum absolute atomic E-state index is 11.4. The van der Waals surface area contributed by atoms with Crippen LogP contribution in [0.4, 0.5) is 0 Å². The van der Waals surface area contributed by atoms with Crippen LogP contribution < -0.4 is 0 Å². The molecule has 80 valence electrons. The molecule has 1 aliphatic carbocycles. The molecule has 0 aromatic carbocycles. The highest BCUT2D eigenvalue weighted by molar-refractivity contribution is 6.28. The summed E-state index contributed by atoms with van der Waals surface area (Å²) in [5, 5.41) is 0.113. The predicted octanol–water partition coefficient (Wildman–Crippen LogP) is 2.18. The zero-order valence-corrected chi connectivity index (χ0v) is 9.12. The molecule has 1 aromatic rings. The van der Waals surface area contributed by atoms with E-state index in [0.29, 0.717) is 12.5 Å². The molecule has 5 heteroatoms. The van der Waals surface area contributed by atoms with Crippen molar-refractivity contribution in [1.29, 1.82) is 0 Å². The number of esters is 1. The average Bonchev–Trinajstić information content (AvgIpc) is 3.00. The van der Waals surface area contributed by atoms with Gasteiger partial charge in [0.15, 0.2) is 5.69 Å². The number of nitrogens with zero attached hydrogens (tertiary/aromatic N) is 2. The third kappa shape index (κ3) is 2.45. The van der Waals surface area contributed by atoms with E-state index in [-0.39, 0.29) is 11.0 Å². The Balaban J connectivity index is 2.26. The second kappa shape index (κ2) is 4.14. The summed E-state index contributed by atoms with van der Waals surface area (Å²) in [7, 11) is 0. The first-order valence-electron chi connectivity index (χ1n) is 4.92. The lowest BCUT2D eigenvalue weighted by Gasteiger charge is -2.03. The third-order valence-corrected chi connectivity index (χ3v) is 2.37. The molecule has 1 aromatic heterocycles. The van der Waals surface area contributed by atoms with Crippen molar-refractivity contribution in [3.8, 4) is 0 Å². The largest absolute Gasteiger partial charge is 0.461 e. The molecule has 1 saturated carbocycles. The van der Waals surface area contributed by atoms with Gasteiger partial charge in [0.2, 0.25) is 5.28 Å². The summed E-state index contributed by atoms with van der Waals surface area (Å²) in [6, 6.07) is 1.67. The van der Waals surface area contributed by atoms with Gasteiger partial charge in [0, 0.05) is 11.6 Å². The Kier molecular flexibility index (Phi) is 2.86. The Hall–Kier alpha value is -1.16. The Labute approximate surface area is 92.6 Å². The molecular weight excluding hydrogens is 216 g/mol. The van der Waals surface area contributed by atoms with Crippen LogP contribution in [0.3, 0.4) is 0 Å². The van der Waals surface area contributed by atoms with Crippen molar-refractivity contribution in [2.75, 3.05) is 6.61 Å². The van der Waals surface area contributed by atoms with Crippen LogP contribution in [-0.2, 0) is 4.74 Å². The van der Waals surface area contributed by atoms with Crippen molar-refractivity contribution in [3.63, 3.8) is 0 Å². The van der Waals surface area contributed by atoms with Gasteiger partial charge in [-0.15, -0.1) is 0 Å². The molecule has 0 unspecified atom stereocenters. The van der Waals surface area contributed by atoms with Gasteiger partial charge in [-0.2, -0.15) is 0 Å².